The minimum Gasteiger partial charge on any atom is -0.314 e. The SMILES string of the molecule is CN1CCC(N2CCN(S(=O)(=O)CCCC3CCCN3)CC2)CC1. The van der Waals surface area contributed by atoms with Gasteiger partial charge in [0, 0.05) is 38.3 Å². The molecule has 3 aliphatic heterocycles. The second kappa shape index (κ2) is 8.45. The lowest BCUT2D eigenvalue weighted by Gasteiger charge is -2.41. The van der Waals surface area contributed by atoms with Crippen LogP contribution in [0.4, 0.5) is 0 Å². The highest BCUT2D eigenvalue weighted by atomic mass is 32.2. The van der Waals surface area contributed by atoms with Gasteiger partial charge in [0.1, 0.15) is 0 Å². The summed E-state index contributed by atoms with van der Waals surface area (Å²) in [7, 11) is -0.885. The molecule has 140 valence electrons. The number of nitrogens with zero attached hydrogens (tertiary/aromatic N) is 3. The fraction of sp³-hybridized carbons (Fsp3) is 1.00. The van der Waals surface area contributed by atoms with Gasteiger partial charge in [-0.25, -0.2) is 8.42 Å². The Bertz CT molecular complexity index is 477. The third-order valence-electron chi connectivity index (χ3n) is 5.99. The van der Waals surface area contributed by atoms with Crippen LogP contribution < -0.4 is 5.32 Å². The monoisotopic (exact) mass is 358 g/mol. The molecule has 0 saturated carbocycles. The number of hydrogen-bond donors (Lipinski definition) is 1. The zero-order valence-corrected chi connectivity index (χ0v) is 15.9. The van der Waals surface area contributed by atoms with Gasteiger partial charge in [-0.2, -0.15) is 4.31 Å². The normalized spacial score (nSPS) is 29.3. The van der Waals surface area contributed by atoms with Crippen molar-refractivity contribution in [2.75, 3.05) is 58.6 Å². The zero-order chi connectivity index (χ0) is 17.0. The van der Waals surface area contributed by atoms with Gasteiger partial charge in [-0.3, -0.25) is 4.90 Å². The van der Waals surface area contributed by atoms with Crippen molar-refractivity contribution < 1.29 is 8.42 Å². The number of piperazine rings is 1. The molecule has 0 amide bonds. The maximum atomic E-state index is 12.6. The highest BCUT2D eigenvalue weighted by Gasteiger charge is 2.31. The van der Waals surface area contributed by atoms with Crippen LogP contribution in [0.1, 0.15) is 38.5 Å². The third-order valence-corrected chi connectivity index (χ3v) is 7.94. The lowest BCUT2D eigenvalue weighted by atomic mass is 10.0. The molecule has 0 radical (unpaired) electrons. The van der Waals surface area contributed by atoms with Gasteiger partial charge in [0.2, 0.25) is 10.0 Å². The molecule has 3 fully saturated rings. The maximum absolute atomic E-state index is 12.6. The Morgan fingerprint density at radius 2 is 1.71 bits per heavy atom. The minimum atomic E-state index is -3.07. The Labute approximate surface area is 147 Å². The van der Waals surface area contributed by atoms with E-state index in [1.54, 1.807) is 4.31 Å². The van der Waals surface area contributed by atoms with E-state index in [-0.39, 0.29) is 0 Å². The Morgan fingerprint density at radius 1 is 1.00 bits per heavy atom. The van der Waals surface area contributed by atoms with Crippen LogP contribution >= 0.6 is 0 Å². The van der Waals surface area contributed by atoms with E-state index >= 15 is 0 Å². The number of piperidine rings is 1. The Hall–Kier alpha value is -0.210. The van der Waals surface area contributed by atoms with Crippen LogP contribution in [0.25, 0.3) is 0 Å². The molecule has 0 spiro atoms. The first kappa shape index (κ1) is 18.6. The van der Waals surface area contributed by atoms with Gasteiger partial charge in [-0.15, -0.1) is 0 Å². The Balaban J connectivity index is 1.39. The summed E-state index contributed by atoms with van der Waals surface area (Å²) in [4.78, 5) is 4.90. The number of likely N-dealkylation sites (tertiary alicyclic amines) is 1. The predicted molar refractivity (Wildman–Crippen MR) is 97.7 cm³/mol. The summed E-state index contributed by atoms with van der Waals surface area (Å²) < 4.78 is 26.9. The second-order valence-corrected chi connectivity index (χ2v) is 9.81. The lowest BCUT2D eigenvalue weighted by molar-refractivity contribution is 0.0892. The molecular formula is C17H34N4O2S. The van der Waals surface area contributed by atoms with Crippen LogP contribution in [0, 0.1) is 0 Å². The molecule has 24 heavy (non-hydrogen) atoms. The summed E-state index contributed by atoms with van der Waals surface area (Å²) in [6, 6.07) is 1.20. The average molecular weight is 359 g/mol. The van der Waals surface area contributed by atoms with Crippen molar-refractivity contribution in [3.8, 4) is 0 Å². The molecule has 1 N–H and O–H groups in total. The van der Waals surface area contributed by atoms with E-state index in [2.05, 4.69) is 22.2 Å². The van der Waals surface area contributed by atoms with Gasteiger partial charge in [0.05, 0.1) is 5.75 Å². The van der Waals surface area contributed by atoms with Crippen molar-refractivity contribution >= 4 is 10.0 Å². The van der Waals surface area contributed by atoms with Crippen LogP contribution in [0.15, 0.2) is 0 Å². The highest BCUT2D eigenvalue weighted by Crippen LogP contribution is 2.19. The van der Waals surface area contributed by atoms with Crippen LogP contribution in [-0.2, 0) is 10.0 Å². The molecule has 0 bridgehead atoms. The van der Waals surface area contributed by atoms with E-state index in [1.807, 2.05) is 0 Å². The Kier molecular flexibility index (Phi) is 6.54. The molecule has 0 aromatic heterocycles. The summed E-state index contributed by atoms with van der Waals surface area (Å²) in [6.07, 6.45) is 6.66. The van der Waals surface area contributed by atoms with E-state index in [1.165, 1.54) is 38.8 Å². The summed E-state index contributed by atoms with van der Waals surface area (Å²) in [5.41, 5.74) is 0. The van der Waals surface area contributed by atoms with E-state index < -0.39 is 10.0 Å². The van der Waals surface area contributed by atoms with Crippen LogP contribution in [-0.4, -0.2) is 93.2 Å². The first-order valence-electron chi connectivity index (χ1n) is 9.68. The molecule has 0 aromatic rings. The van der Waals surface area contributed by atoms with Gasteiger partial charge >= 0.3 is 0 Å². The second-order valence-electron chi connectivity index (χ2n) is 7.72. The first-order chi connectivity index (χ1) is 11.5. The molecular weight excluding hydrogens is 324 g/mol. The van der Waals surface area contributed by atoms with Crippen LogP contribution in [0.2, 0.25) is 0 Å². The number of rotatable bonds is 6. The highest BCUT2D eigenvalue weighted by molar-refractivity contribution is 7.89. The van der Waals surface area contributed by atoms with Gasteiger partial charge in [0.15, 0.2) is 0 Å². The van der Waals surface area contributed by atoms with Crippen molar-refractivity contribution in [1.82, 2.24) is 19.4 Å². The maximum Gasteiger partial charge on any atom is 0.214 e. The van der Waals surface area contributed by atoms with E-state index in [0.717, 1.165) is 32.5 Å². The van der Waals surface area contributed by atoms with E-state index in [0.29, 0.717) is 30.9 Å². The van der Waals surface area contributed by atoms with Crippen molar-refractivity contribution in [3.63, 3.8) is 0 Å². The van der Waals surface area contributed by atoms with Crippen molar-refractivity contribution in [3.05, 3.63) is 0 Å². The summed E-state index contributed by atoms with van der Waals surface area (Å²) >= 11 is 0. The smallest absolute Gasteiger partial charge is 0.214 e. The largest absolute Gasteiger partial charge is 0.314 e. The predicted octanol–water partition coefficient (Wildman–Crippen LogP) is 0.560. The number of hydrogen-bond acceptors (Lipinski definition) is 5. The molecule has 1 unspecified atom stereocenters. The molecule has 0 aromatic carbocycles. The molecule has 1 atom stereocenters. The van der Waals surface area contributed by atoms with Gasteiger partial charge in [-0.05, 0) is 65.2 Å². The average Bonchev–Trinajstić information content (AvgIpc) is 3.09. The lowest BCUT2D eigenvalue weighted by Crippen LogP contribution is -2.54. The van der Waals surface area contributed by atoms with Gasteiger partial charge in [0.25, 0.3) is 0 Å². The number of nitrogens with one attached hydrogen (secondary N) is 1. The standard InChI is InChI=1S/C17H34N4O2S/c1-19-9-6-17(7-10-19)20-11-13-21(14-12-20)24(22,23)15-3-5-16-4-2-8-18-16/h16-18H,2-15H2,1H3. The molecule has 0 aliphatic carbocycles. The van der Waals surface area contributed by atoms with E-state index in [4.69, 9.17) is 0 Å². The molecule has 3 saturated heterocycles. The van der Waals surface area contributed by atoms with Crippen molar-refractivity contribution in [1.29, 1.82) is 0 Å². The van der Waals surface area contributed by atoms with Crippen molar-refractivity contribution in [2.24, 2.45) is 0 Å². The Morgan fingerprint density at radius 3 is 2.33 bits per heavy atom. The van der Waals surface area contributed by atoms with Crippen molar-refractivity contribution in [2.45, 2.75) is 50.6 Å². The summed E-state index contributed by atoms with van der Waals surface area (Å²) in [5, 5.41) is 3.45. The molecule has 7 heteroatoms. The number of sulfonamides is 1. The molecule has 3 aliphatic rings. The fourth-order valence-electron chi connectivity index (χ4n) is 4.35. The third kappa shape index (κ3) is 4.91. The quantitative estimate of drug-likeness (QED) is 0.752. The summed E-state index contributed by atoms with van der Waals surface area (Å²) in [5.74, 6) is 0.319. The first-order valence-corrected chi connectivity index (χ1v) is 11.3. The zero-order valence-electron chi connectivity index (χ0n) is 15.1. The van der Waals surface area contributed by atoms with E-state index in [9.17, 15) is 8.42 Å². The van der Waals surface area contributed by atoms with Crippen LogP contribution in [0.3, 0.4) is 0 Å². The van der Waals surface area contributed by atoms with Crippen LogP contribution in [0.5, 0.6) is 0 Å². The molecule has 3 heterocycles. The summed E-state index contributed by atoms with van der Waals surface area (Å²) in [6.45, 7) is 6.58. The van der Waals surface area contributed by atoms with Gasteiger partial charge in [-0.1, -0.05) is 0 Å². The molecule has 6 nitrogen and oxygen atoms in total. The van der Waals surface area contributed by atoms with Gasteiger partial charge < -0.3 is 10.2 Å². The minimum absolute atomic E-state index is 0.319. The topological polar surface area (TPSA) is 55.9 Å². The fourth-order valence-corrected chi connectivity index (χ4v) is 5.86. The molecule has 3 rings (SSSR count).